The van der Waals surface area contributed by atoms with Gasteiger partial charge in [-0.3, -0.25) is 4.98 Å². The average molecular weight is 385 g/mol. The van der Waals surface area contributed by atoms with E-state index < -0.39 is 11.5 Å². The summed E-state index contributed by atoms with van der Waals surface area (Å²) in [5.41, 5.74) is 1.44. The number of carbonyl (C=O) groups excluding carboxylic acids is 1. The molecule has 0 aromatic carbocycles. The van der Waals surface area contributed by atoms with Gasteiger partial charge in [0.1, 0.15) is 6.33 Å². The molecule has 3 rings (SSSR count). The number of rotatable bonds is 5. The Morgan fingerprint density at radius 1 is 1.15 bits per heavy atom. The van der Waals surface area contributed by atoms with E-state index in [1.54, 1.807) is 30.7 Å². The number of nitrogens with zero attached hydrogens (tertiary/aromatic N) is 5. The van der Waals surface area contributed by atoms with Gasteiger partial charge in [-0.25, -0.2) is 24.7 Å². The summed E-state index contributed by atoms with van der Waals surface area (Å²) in [6.07, 6.45) is 6.19. The molecule has 1 N–H and O–H groups in total. The summed E-state index contributed by atoms with van der Waals surface area (Å²) in [6.45, 7) is 3.87. The van der Waals surface area contributed by atoms with Gasteiger partial charge in [-0.15, -0.1) is 0 Å². The van der Waals surface area contributed by atoms with Crippen LogP contribution in [0.4, 0.5) is 5.95 Å². The fraction of sp³-hybridized carbons (Fsp3) is 0.222. The standard InChI is InChI=1S/C18H17ClN6O2/c1-18(2,15-12(19)5-4-6-20-15)25-17-21-8-11(9-22-17)13-7-14(16(26)27-3)24-10-23-13/h4-10H,1-3H3,(H,21,22,25). The zero-order valence-corrected chi connectivity index (χ0v) is 15.7. The Hall–Kier alpha value is -3.13. The SMILES string of the molecule is COC(=O)c1cc(-c2cnc(NC(C)(C)c3ncccc3Cl)nc2)ncn1. The number of esters is 1. The van der Waals surface area contributed by atoms with Crippen LogP contribution in [0.5, 0.6) is 0 Å². The minimum atomic E-state index is -0.577. The largest absolute Gasteiger partial charge is 0.464 e. The summed E-state index contributed by atoms with van der Waals surface area (Å²) in [7, 11) is 1.29. The first-order chi connectivity index (χ1) is 12.9. The van der Waals surface area contributed by atoms with Crippen LogP contribution >= 0.6 is 11.6 Å². The molecular formula is C18H17ClN6O2. The van der Waals surface area contributed by atoms with Gasteiger partial charge in [0.05, 0.1) is 29.1 Å². The van der Waals surface area contributed by atoms with Crippen molar-refractivity contribution in [1.29, 1.82) is 0 Å². The van der Waals surface area contributed by atoms with Crippen molar-refractivity contribution in [2.45, 2.75) is 19.4 Å². The first kappa shape index (κ1) is 18.7. The summed E-state index contributed by atoms with van der Waals surface area (Å²) in [4.78, 5) is 32.6. The van der Waals surface area contributed by atoms with Gasteiger partial charge in [0.2, 0.25) is 5.95 Å². The molecule has 8 nitrogen and oxygen atoms in total. The lowest BCUT2D eigenvalue weighted by atomic mass is 10.00. The smallest absolute Gasteiger partial charge is 0.356 e. The van der Waals surface area contributed by atoms with Gasteiger partial charge in [0.15, 0.2) is 5.69 Å². The van der Waals surface area contributed by atoms with Gasteiger partial charge >= 0.3 is 5.97 Å². The van der Waals surface area contributed by atoms with Gasteiger partial charge in [0.25, 0.3) is 0 Å². The van der Waals surface area contributed by atoms with Gasteiger partial charge < -0.3 is 10.1 Å². The van der Waals surface area contributed by atoms with E-state index in [1.807, 2.05) is 13.8 Å². The van der Waals surface area contributed by atoms with Crippen LogP contribution in [0.15, 0.2) is 43.1 Å². The summed E-state index contributed by atoms with van der Waals surface area (Å²) in [6, 6.07) is 5.08. The number of aromatic nitrogens is 5. The van der Waals surface area contributed by atoms with E-state index in [1.165, 1.54) is 19.5 Å². The second kappa shape index (κ2) is 7.63. The summed E-state index contributed by atoms with van der Waals surface area (Å²) < 4.78 is 4.67. The minimum absolute atomic E-state index is 0.163. The maximum atomic E-state index is 11.6. The molecule has 0 saturated carbocycles. The van der Waals surface area contributed by atoms with Crippen LogP contribution in [0.25, 0.3) is 11.3 Å². The van der Waals surface area contributed by atoms with Crippen LogP contribution in [0.3, 0.4) is 0 Å². The molecule has 138 valence electrons. The Kier molecular flexibility index (Phi) is 5.27. The number of carbonyl (C=O) groups is 1. The maximum absolute atomic E-state index is 11.6. The Balaban J connectivity index is 1.82. The highest BCUT2D eigenvalue weighted by molar-refractivity contribution is 6.31. The molecule has 0 aliphatic rings. The monoisotopic (exact) mass is 384 g/mol. The van der Waals surface area contributed by atoms with Crippen molar-refractivity contribution in [3.8, 4) is 11.3 Å². The highest BCUT2D eigenvalue weighted by Gasteiger charge is 2.25. The van der Waals surface area contributed by atoms with Crippen LogP contribution in [0.1, 0.15) is 30.0 Å². The van der Waals surface area contributed by atoms with E-state index in [-0.39, 0.29) is 5.69 Å². The molecule has 0 saturated heterocycles. The first-order valence-corrected chi connectivity index (χ1v) is 8.40. The predicted octanol–water partition coefficient (Wildman–Crippen LogP) is 3.12. The quantitative estimate of drug-likeness (QED) is 0.669. The lowest BCUT2D eigenvalue weighted by Crippen LogP contribution is -2.30. The summed E-state index contributed by atoms with van der Waals surface area (Å²) in [5.74, 6) is -0.125. The normalized spacial score (nSPS) is 11.1. The van der Waals surface area contributed by atoms with E-state index in [0.29, 0.717) is 27.9 Å². The van der Waals surface area contributed by atoms with Crippen molar-refractivity contribution in [3.05, 3.63) is 59.5 Å². The highest BCUT2D eigenvalue weighted by Crippen LogP contribution is 2.28. The van der Waals surface area contributed by atoms with Crippen LogP contribution in [0.2, 0.25) is 5.02 Å². The number of hydrogen-bond donors (Lipinski definition) is 1. The van der Waals surface area contributed by atoms with Gasteiger partial charge in [0, 0.05) is 24.2 Å². The van der Waals surface area contributed by atoms with E-state index in [2.05, 4.69) is 35.0 Å². The molecule has 0 unspecified atom stereocenters. The third-order valence-electron chi connectivity index (χ3n) is 3.78. The Labute approximate surface area is 161 Å². The van der Waals surface area contributed by atoms with Crippen LogP contribution in [-0.2, 0) is 10.3 Å². The van der Waals surface area contributed by atoms with Gasteiger partial charge in [-0.05, 0) is 32.0 Å². The van der Waals surface area contributed by atoms with E-state index >= 15 is 0 Å². The third kappa shape index (κ3) is 4.17. The molecule has 3 aromatic heterocycles. The van der Waals surface area contributed by atoms with Crippen molar-refractivity contribution >= 4 is 23.5 Å². The molecular weight excluding hydrogens is 368 g/mol. The highest BCUT2D eigenvalue weighted by atomic mass is 35.5. The fourth-order valence-electron chi connectivity index (χ4n) is 2.44. The number of anilines is 1. The molecule has 27 heavy (non-hydrogen) atoms. The topological polar surface area (TPSA) is 103 Å². The van der Waals surface area contributed by atoms with Crippen molar-refractivity contribution in [2.75, 3.05) is 12.4 Å². The number of methoxy groups -OCH3 is 1. The zero-order valence-electron chi connectivity index (χ0n) is 15.0. The van der Waals surface area contributed by atoms with E-state index in [9.17, 15) is 4.79 Å². The molecule has 0 aliphatic carbocycles. The number of hydrogen-bond acceptors (Lipinski definition) is 8. The number of pyridine rings is 1. The van der Waals surface area contributed by atoms with Gasteiger partial charge in [-0.2, -0.15) is 0 Å². The zero-order chi connectivity index (χ0) is 19.4. The Morgan fingerprint density at radius 3 is 2.56 bits per heavy atom. The molecule has 0 amide bonds. The molecule has 3 heterocycles. The Bertz CT molecular complexity index is 962. The molecule has 3 aromatic rings. The molecule has 0 radical (unpaired) electrons. The molecule has 9 heteroatoms. The van der Waals surface area contributed by atoms with Crippen LogP contribution in [0, 0.1) is 0 Å². The molecule has 0 atom stereocenters. The minimum Gasteiger partial charge on any atom is -0.464 e. The van der Waals surface area contributed by atoms with Crippen LogP contribution < -0.4 is 5.32 Å². The summed E-state index contributed by atoms with van der Waals surface area (Å²) >= 11 is 6.24. The Morgan fingerprint density at radius 2 is 1.89 bits per heavy atom. The van der Waals surface area contributed by atoms with E-state index in [4.69, 9.17) is 11.6 Å². The lowest BCUT2D eigenvalue weighted by molar-refractivity contribution is 0.0594. The fourth-order valence-corrected chi connectivity index (χ4v) is 2.80. The molecule has 0 fully saturated rings. The van der Waals surface area contributed by atoms with Crippen molar-refractivity contribution in [3.63, 3.8) is 0 Å². The number of ether oxygens (including phenoxy) is 1. The second-order valence-electron chi connectivity index (χ2n) is 6.16. The maximum Gasteiger partial charge on any atom is 0.356 e. The van der Waals surface area contributed by atoms with Crippen molar-refractivity contribution in [2.24, 2.45) is 0 Å². The first-order valence-electron chi connectivity index (χ1n) is 8.02. The number of nitrogens with one attached hydrogen (secondary N) is 1. The average Bonchev–Trinajstić information content (AvgIpc) is 2.68. The molecule has 0 spiro atoms. The predicted molar refractivity (Wildman–Crippen MR) is 100 cm³/mol. The summed E-state index contributed by atoms with van der Waals surface area (Å²) in [5, 5.41) is 3.78. The second-order valence-corrected chi connectivity index (χ2v) is 6.57. The van der Waals surface area contributed by atoms with Crippen molar-refractivity contribution < 1.29 is 9.53 Å². The molecule has 0 bridgehead atoms. The lowest BCUT2D eigenvalue weighted by Gasteiger charge is -2.26. The van der Waals surface area contributed by atoms with Crippen LogP contribution in [-0.4, -0.2) is 38.0 Å². The van der Waals surface area contributed by atoms with Gasteiger partial charge in [-0.1, -0.05) is 11.6 Å². The third-order valence-corrected chi connectivity index (χ3v) is 4.09. The molecule has 0 aliphatic heterocycles. The van der Waals surface area contributed by atoms with E-state index in [0.717, 1.165) is 0 Å². The van der Waals surface area contributed by atoms with Crippen molar-refractivity contribution in [1.82, 2.24) is 24.9 Å². The number of halogens is 1.